The topological polar surface area (TPSA) is 26.3 Å². The van der Waals surface area contributed by atoms with Crippen molar-refractivity contribution in [2.75, 3.05) is 21.1 Å². The molecule has 2 aromatic rings. The van der Waals surface area contributed by atoms with Crippen molar-refractivity contribution in [2.45, 2.75) is 0 Å². The molecule has 0 unspecified atom stereocenters. The van der Waals surface area contributed by atoms with E-state index in [1.807, 2.05) is 18.2 Å². The Bertz CT molecular complexity index is 615. The predicted molar refractivity (Wildman–Crippen MR) is 82.4 cm³/mol. The van der Waals surface area contributed by atoms with Gasteiger partial charge in [0, 0.05) is 11.1 Å². The Kier molecular flexibility index (Phi) is 4.12. The molecule has 0 amide bonds. The highest BCUT2D eigenvalue weighted by Crippen LogP contribution is 2.23. The highest BCUT2D eigenvalue weighted by molar-refractivity contribution is 6.30. The maximum absolute atomic E-state index is 12.0. The molecule has 3 nitrogen and oxygen atoms in total. The first kappa shape index (κ1) is 14.6. The lowest BCUT2D eigenvalue weighted by atomic mass is 10.2. The molecule has 0 atom stereocenters. The number of nitrogens with zero attached hydrogens (tertiary/aromatic N) is 1. The van der Waals surface area contributed by atoms with Gasteiger partial charge in [-0.1, -0.05) is 17.7 Å². The van der Waals surface area contributed by atoms with E-state index in [4.69, 9.17) is 16.3 Å². The summed E-state index contributed by atoms with van der Waals surface area (Å²) in [6.07, 6.45) is 0. The molecule has 2 rings (SSSR count). The standard InChI is InChI=1S/C16H17ClNO2/c1-18(2,3)14-5-4-6-15(11-14)20-16(19)12-7-9-13(17)10-8-12/h4-11H,1-3H3/q+1. The molecule has 0 aromatic heterocycles. The fourth-order valence-electron chi connectivity index (χ4n) is 1.72. The van der Waals surface area contributed by atoms with Gasteiger partial charge in [-0.2, -0.15) is 0 Å². The minimum atomic E-state index is -0.389. The zero-order valence-corrected chi connectivity index (χ0v) is 12.5. The highest BCUT2D eigenvalue weighted by Gasteiger charge is 2.14. The van der Waals surface area contributed by atoms with Crippen LogP contribution in [0.4, 0.5) is 5.69 Å². The Morgan fingerprint density at radius 2 is 1.70 bits per heavy atom. The van der Waals surface area contributed by atoms with Gasteiger partial charge < -0.3 is 4.74 Å². The second-order valence-corrected chi connectivity index (χ2v) is 5.84. The molecule has 0 aliphatic carbocycles. The minimum absolute atomic E-state index is 0.389. The van der Waals surface area contributed by atoms with E-state index in [1.54, 1.807) is 30.3 Å². The Morgan fingerprint density at radius 1 is 1.05 bits per heavy atom. The normalized spacial score (nSPS) is 11.2. The average molecular weight is 291 g/mol. The van der Waals surface area contributed by atoms with Crippen LogP contribution in [-0.4, -0.2) is 27.1 Å². The number of benzene rings is 2. The van der Waals surface area contributed by atoms with E-state index < -0.39 is 0 Å². The van der Waals surface area contributed by atoms with Crippen LogP contribution < -0.4 is 9.22 Å². The molecular formula is C16H17ClNO2+. The maximum Gasteiger partial charge on any atom is 0.343 e. The molecule has 0 aliphatic rings. The minimum Gasteiger partial charge on any atom is -0.423 e. The summed E-state index contributed by atoms with van der Waals surface area (Å²) in [4.78, 5) is 12.0. The van der Waals surface area contributed by atoms with Crippen molar-refractivity contribution in [1.29, 1.82) is 0 Å². The zero-order chi connectivity index (χ0) is 14.8. The van der Waals surface area contributed by atoms with Crippen LogP contribution in [0.15, 0.2) is 48.5 Å². The molecule has 0 fully saturated rings. The van der Waals surface area contributed by atoms with Crippen LogP contribution in [0.2, 0.25) is 5.02 Å². The second kappa shape index (κ2) is 5.65. The van der Waals surface area contributed by atoms with Crippen molar-refractivity contribution < 1.29 is 9.53 Å². The number of carbonyl (C=O) groups excluding carboxylic acids is 1. The van der Waals surface area contributed by atoms with Crippen molar-refractivity contribution in [3.05, 3.63) is 59.1 Å². The SMILES string of the molecule is C[N+](C)(C)c1cccc(OC(=O)c2ccc(Cl)cc2)c1. The molecule has 0 heterocycles. The van der Waals surface area contributed by atoms with Gasteiger partial charge in [0.25, 0.3) is 0 Å². The van der Waals surface area contributed by atoms with Crippen LogP contribution in [0.25, 0.3) is 0 Å². The van der Waals surface area contributed by atoms with Gasteiger partial charge in [0.2, 0.25) is 0 Å². The number of hydrogen-bond acceptors (Lipinski definition) is 2. The highest BCUT2D eigenvalue weighted by atomic mass is 35.5. The average Bonchev–Trinajstić information content (AvgIpc) is 2.38. The molecule has 0 saturated heterocycles. The molecule has 0 bridgehead atoms. The van der Waals surface area contributed by atoms with Crippen molar-refractivity contribution in [1.82, 2.24) is 4.48 Å². The second-order valence-electron chi connectivity index (χ2n) is 5.41. The van der Waals surface area contributed by atoms with Crippen molar-refractivity contribution in [3.63, 3.8) is 0 Å². The molecule has 0 aliphatic heterocycles. The molecule has 104 valence electrons. The Hall–Kier alpha value is -1.84. The third kappa shape index (κ3) is 3.59. The Morgan fingerprint density at radius 3 is 2.30 bits per heavy atom. The lowest BCUT2D eigenvalue weighted by Crippen LogP contribution is -2.34. The van der Waals surface area contributed by atoms with E-state index >= 15 is 0 Å². The van der Waals surface area contributed by atoms with Crippen molar-refractivity contribution in [2.24, 2.45) is 0 Å². The fraction of sp³-hybridized carbons (Fsp3) is 0.188. The van der Waals surface area contributed by atoms with Gasteiger partial charge in [0.1, 0.15) is 11.4 Å². The van der Waals surface area contributed by atoms with Gasteiger partial charge in [0.05, 0.1) is 26.7 Å². The van der Waals surface area contributed by atoms with Crippen molar-refractivity contribution in [3.8, 4) is 5.75 Å². The molecule has 0 spiro atoms. The summed E-state index contributed by atoms with van der Waals surface area (Å²) in [5, 5.41) is 0.591. The molecular weight excluding hydrogens is 274 g/mol. The van der Waals surface area contributed by atoms with E-state index in [2.05, 4.69) is 21.1 Å². The summed E-state index contributed by atoms with van der Waals surface area (Å²) < 4.78 is 6.04. The molecule has 20 heavy (non-hydrogen) atoms. The molecule has 4 heteroatoms. The number of hydrogen-bond donors (Lipinski definition) is 0. The lowest BCUT2D eigenvalue weighted by molar-refractivity contribution is 0.0734. The first-order chi connectivity index (χ1) is 9.36. The number of halogens is 1. The molecule has 0 saturated carbocycles. The van der Waals surface area contributed by atoms with E-state index in [9.17, 15) is 4.79 Å². The number of ether oxygens (including phenoxy) is 1. The van der Waals surface area contributed by atoms with Crippen LogP contribution >= 0.6 is 11.6 Å². The summed E-state index contributed by atoms with van der Waals surface area (Å²) in [6.45, 7) is 0. The summed E-state index contributed by atoms with van der Waals surface area (Å²) in [5.74, 6) is 0.149. The first-order valence-corrected chi connectivity index (χ1v) is 6.64. The number of carbonyl (C=O) groups is 1. The molecule has 0 radical (unpaired) electrons. The van der Waals surface area contributed by atoms with Gasteiger partial charge in [-0.15, -0.1) is 0 Å². The third-order valence-corrected chi connectivity index (χ3v) is 3.13. The maximum atomic E-state index is 12.0. The smallest absolute Gasteiger partial charge is 0.343 e. The van der Waals surface area contributed by atoms with E-state index in [-0.39, 0.29) is 5.97 Å². The quantitative estimate of drug-likeness (QED) is 0.489. The monoisotopic (exact) mass is 290 g/mol. The van der Waals surface area contributed by atoms with E-state index in [1.165, 1.54) is 0 Å². The van der Waals surface area contributed by atoms with Crippen LogP contribution in [0.3, 0.4) is 0 Å². The van der Waals surface area contributed by atoms with Gasteiger partial charge >= 0.3 is 5.97 Å². The number of esters is 1. The number of quaternary nitrogens is 1. The van der Waals surface area contributed by atoms with E-state index in [0.717, 1.165) is 5.69 Å². The Labute approximate surface area is 123 Å². The molecule has 0 N–H and O–H groups in total. The van der Waals surface area contributed by atoms with Crippen LogP contribution in [0.1, 0.15) is 10.4 Å². The van der Waals surface area contributed by atoms with Crippen LogP contribution in [0.5, 0.6) is 5.75 Å². The van der Waals surface area contributed by atoms with E-state index in [0.29, 0.717) is 20.8 Å². The van der Waals surface area contributed by atoms with Crippen LogP contribution in [0, 0.1) is 0 Å². The van der Waals surface area contributed by atoms with Gasteiger partial charge in [-0.05, 0) is 36.4 Å². The third-order valence-electron chi connectivity index (χ3n) is 2.88. The number of rotatable bonds is 3. The zero-order valence-electron chi connectivity index (χ0n) is 11.8. The lowest BCUT2D eigenvalue weighted by Gasteiger charge is -2.23. The molecule has 2 aromatic carbocycles. The largest absolute Gasteiger partial charge is 0.423 e. The summed E-state index contributed by atoms with van der Waals surface area (Å²) >= 11 is 5.79. The van der Waals surface area contributed by atoms with Crippen molar-refractivity contribution >= 4 is 23.3 Å². The predicted octanol–water partition coefficient (Wildman–Crippen LogP) is 3.76. The van der Waals surface area contributed by atoms with Gasteiger partial charge in [0.15, 0.2) is 0 Å². The van der Waals surface area contributed by atoms with Gasteiger partial charge in [-0.25, -0.2) is 4.79 Å². The van der Waals surface area contributed by atoms with Crippen LogP contribution in [-0.2, 0) is 0 Å². The van der Waals surface area contributed by atoms with Gasteiger partial charge in [-0.3, -0.25) is 4.48 Å². The Balaban J connectivity index is 2.18. The summed E-state index contributed by atoms with van der Waals surface area (Å²) in [6, 6.07) is 14.1. The fourth-order valence-corrected chi connectivity index (χ4v) is 1.84. The summed E-state index contributed by atoms with van der Waals surface area (Å²) in [5.41, 5.74) is 1.54. The summed E-state index contributed by atoms with van der Waals surface area (Å²) in [7, 11) is 6.17. The first-order valence-electron chi connectivity index (χ1n) is 6.26.